The average Bonchev–Trinajstić information content (AvgIpc) is 2.94. The van der Waals surface area contributed by atoms with Gasteiger partial charge in [-0.05, 0) is 38.5 Å². The Morgan fingerprint density at radius 1 is 0.564 bits per heavy atom. The summed E-state index contributed by atoms with van der Waals surface area (Å²) in [7, 11) is 0. The van der Waals surface area contributed by atoms with Crippen molar-refractivity contribution in [2.45, 2.75) is 180 Å². The molecule has 5 nitrogen and oxygen atoms in total. The number of carbonyl (C=O) groups is 2. The van der Waals surface area contributed by atoms with E-state index in [2.05, 4.69) is 26.0 Å². The first-order valence-corrected chi connectivity index (χ1v) is 16.7. The largest absolute Gasteiger partial charge is 0.462 e. The highest BCUT2D eigenvalue weighted by Gasteiger charge is 2.16. The number of ether oxygens (including phenoxy) is 2. The minimum Gasteiger partial charge on any atom is -0.462 e. The van der Waals surface area contributed by atoms with E-state index in [1.807, 2.05) is 0 Å². The second kappa shape index (κ2) is 31.2. The van der Waals surface area contributed by atoms with Gasteiger partial charge >= 0.3 is 11.9 Å². The third-order valence-electron chi connectivity index (χ3n) is 7.31. The molecule has 230 valence electrons. The molecule has 0 aromatic rings. The molecule has 0 bridgehead atoms. The molecule has 0 aliphatic carbocycles. The molecular weight excluding hydrogens is 488 g/mol. The molecule has 0 fully saturated rings. The molecule has 39 heavy (non-hydrogen) atoms. The number of esters is 2. The summed E-state index contributed by atoms with van der Waals surface area (Å²) in [5, 5.41) is 9.49. The molecule has 1 unspecified atom stereocenters. The van der Waals surface area contributed by atoms with Crippen LogP contribution < -0.4 is 0 Å². The van der Waals surface area contributed by atoms with Gasteiger partial charge in [0.1, 0.15) is 6.61 Å². The summed E-state index contributed by atoms with van der Waals surface area (Å²) in [6, 6.07) is 0. The molecule has 0 heterocycles. The lowest BCUT2D eigenvalue weighted by Gasteiger charge is -2.15. The number of carbonyl (C=O) groups excluding carboxylic acids is 2. The van der Waals surface area contributed by atoms with Gasteiger partial charge in [0.2, 0.25) is 0 Å². The molecule has 0 aliphatic heterocycles. The Balaban J connectivity index is 3.58. The van der Waals surface area contributed by atoms with E-state index in [4.69, 9.17) is 9.47 Å². The lowest BCUT2D eigenvalue weighted by atomic mass is 10.0. The van der Waals surface area contributed by atoms with E-state index in [1.165, 1.54) is 103 Å². The molecule has 0 radical (unpaired) electrons. The highest BCUT2D eigenvalue weighted by molar-refractivity contribution is 5.70. The van der Waals surface area contributed by atoms with Gasteiger partial charge in [-0.15, -0.1) is 0 Å². The summed E-state index contributed by atoms with van der Waals surface area (Å²) in [4.78, 5) is 24.1. The van der Waals surface area contributed by atoms with E-state index >= 15 is 0 Å². The van der Waals surface area contributed by atoms with Crippen LogP contribution in [0.5, 0.6) is 0 Å². The third kappa shape index (κ3) is 29.4. The van der Waals surface area contributed by atoms with Crippen LogP contribution in [0, 0.1) is 0 Å². The number of aliphatic hydroxyl groups is 1. The van der Waals surface area contributed by atoms with Gasteiger partial charge < -0.3 is 14.6 Å². The lowest BCUT2D eigenvalue weighted by molar-refractivity contribution is -0.161. The Labute approximate surface area is 241 Å². The number of unbranched alkanes of at least 4 members (excludes halogenated alkanes) is 20. The fourth-order valence-electron chi connectivity index (χ4n) is 4.72. The molecule has 0 aromatic heterocycles. The van der Waals surface area contributed by atoms with Crippen molar-refractivity contribution in [1.29, 1.82) is 0 Å². The summed E-state index contributed by atoms with van der Waals surface area (Å²) in [6.07, 6.45) is 32.6. The zero-order valence-electron chi connectivity index (χ0n) is 25.9. The zero-order chi connectivity index (χ0) is 28.7. The quantitative estimate of drug-likeness (QED) is 0.0545. The van der Waals surface area contributed by atoms with Gasteiger partial charge in [-0.25, -0.2) is 0 Å². The number of hydrogen-bond donors (Lipinski definition) is 1. The maximum atomic E-state index is 12.1. The standard InChI is InChI=1S/C34H64O5/c1-3-5-7-9-11-13-15-17-19-21-23-25-27-29-34(37)39-32(30-35)31-38-33(36)28-26-24-22-20-18-16-14-12-10-8-6-4-2/h13,15,32,35H,3-12,14,16-31H2,1-2H3/b15-13-. The van der Waals surface area contributed by atoms with Crippen molar-refractivity contribution in [2.75, 3.05) is 13.2 Å². The molecule has 0 aliphatic rings. The minimum absolute atomic E-state index is 0.0640. The first kappa shape index (κ1) is 37.6. The minimum atomic E-state index is -0.766. The van der Waals surface area contributed by atoms with Crippen LogP contribution in [0.4, 0.5) is 0 Å². The molecule has 0 amide bonds. The molecule has 0 spiro atoms. The highest BCUT2D eigenvalue weighted by Crippen LogP contribution is 2.13. The second-order valence-corrected chi connectivity index (χ2v) is 11.2. The van der Waals surface area contributed by atoms with Crippen LogP contribution in [0.3, 0.4) is 0 Å². The van der Waals surface area contributed by atoms with Crippen LogP contribution in [0.2, 0.25) is 0 Å². The van der Waals surface area contributed by atoms with Gasteiger partial charge in [-0.2, -0.15) is 0 Å². The molecular formula is C34H64O5. The van der Waals surface area contributed by atoms with Crippen LogP contribution in [0.15, 0.2) is 12.2 Å². The average molecular weight is 553 g/mol. The fourth-order valence-corrected chi connectivity index (χ4v) is 4.72. The molecule has 0 aromatic carbocycles. The Hall–Kier alpha value is -1.36. The van der Waals surface area contributed by atoms with Gasteiger partial charge in [0.25, 0.3) is 0 Å². The Bertz CT molecular complexity index is 560. The summed E-state index contributed by atoms with van der Waals surface area (Å²) in [6.45, 7) is 4.10. The maximum absolute atomic E-state index is 12.1. The van der Waals surface area contributed by atoms with Crippen molar-refractivity contribution >= 4 is 11.9 Å². The smallest absolute Gasteiger partial charge is 0.306 e. The normalized spacial score (nSPS) is 12.2. The van der Waals surface area contributed by atoms with E-state index < -0.39 is 6.10 Å². The van der Waals surface area contributed by atoms with Crippen molar-refractivity contribution in [3.63, 3.8) is 0 Å². The monoisotopic (exact) mass is 552 g/mol. The van der Waals surface area contributed by atoms with Crippen LogP contribution in [-0.2, 0) is 19.1 Å². The Kier molecular flexibility index (Phi) is 30.1. The highest BCUT2D eigenvalue weighted by atomic mass is 16.6. The molecule has 0 saturated carbocycles. The van der Waals surface area contributed by atoms with E-state index in [0.717, 1.165) is 44.9 Å². The van der Waals surface area contributed by atoms with Gasteiger partial charge in [-0.3, -0.25) is 9.59 Å². The van der Waals surface area contributed by atoms with Crippen molar-refractivity contribution in [2.24, 2.45) is 0 Å². The van der Waals surface area contributed by atoms with E-state index in [1.54, 1.807) is 0 Å². The van der Waals surface area contributed by atoms with Gasteiger partial charge in [0.15, 0.2) is 6.10 Å². The van der Waals surface area contributed by atoms with Gasteiger partial charge in [0.05, 0.1) is 6.61 Å². The second-order valence-electron chi connectivity index (χ2n) is 11.2. The molecule has 0 rings (SSSR count). The number of aliphatic hydroxyl groups excluding tert-OH is 1. The third-order valence-corrected chi connectivity index (χ3v) is 7.31. The summed E-state index contributed by atoms with van der Waals surface area (Å²) in [5.74, 6) is -0.597. The molecule has 0 saturated heterocycles. The first-order valence-electron chi connectivity index (χ1n) is 16.7. The molecule has 1 N–H and O–H groups in total. The predicted octanol–water partition coefficient (Wildman–Crippen LogP) is 9.78. The van der Waals surface area contributed by atoms with Gasteiger partial charge in [0, 0.05) is 12.8 Å². The summed E-state index contributed by atoms with van der Waals surface area (Å²) in [5.41, 5.74) is 0. The van der Waals surface area contributed by atoms with Crippen molar-refractivity contribution in [3.05, 3.63) is 12.2 Å². The van der Waals surface area contributed by atoms with Gasteiger partial charge in [-0.1, -0.05) is 135 Å². The van der Waals surface area contributed by atoms with Crippen LogP contribution in [0.25, 0.3) is 0 Å². The van der Waals surface area contributed by atoms with E-state index in [-0.39, 0.29) is 25.2 Å². The molecule has 1 atom stereocenters. The lowest BCUT2D eigenvalue weighted by Crippen LogP contribution is -2.28. The van der Waals surface area contributed by atoms with E-state index in [9.17, 15) is 14.7 Å². The van der Waals surface area contributed by atoms with Crippen LogP contribution in [-0.4, -0.2) is 36.4 Å². The summed E-state index contributed by atoms with van der Waals surface area (Å²) < 4.78 is 10.5. The van der Waals surface area contributed by atoms with E-state index in [0.29, 0.717) is 12.8 Å². The molecule has 5 heteroatoms. The van der Waals surface area contributed by atoms with Crippen molar-refractivity contribution in [1.82, 2.24) is 0 Å². The SMILES string of the molecule is CCCCCC/C=C\CCCCCCCC(=O)OC(CO)COC(=O)CCCCCCCCCCCCCC. The topological polar surface area (TPSA) is 72.8 Å². The number of hydrogen-bond acceptors (Lipinski definition) is 5. The zero-order valence-corrected chi connectivity index (χ0v) is 25.9. The number of rotatable bonds is 30. The van der Waals surface area contributed by atoms with Crippen LogP contribution in [0.1, 0.15) is 174 Å². The summed E-state index contributed by atoms with van der Waals surface area (Å²) >= 11 is 0. The van der Waals surface area contributed by atoms with Crippen molar-refractivity contribution in [3.8, 4) is 0 Å². The fraction of sp³-hybridized carbons (Fsp3) is 0.882. The predicted molar refractivity (Wildman–Crippen MR) is 164 cm³/mol. The maximum Gasteiger partial charge on any atom is 0.306 e. The first-order chi connectivity index (χ1) is 19.1. The van der Waals surface area contributed by atoms with Crippen LogP contribution >= 0.6 is 0 Å². The number of allylic oxidation sites excluding steroid dienone is 2. The Morgan fingerprint density at radius 3 is 1.41 bits per heavy atom. The Morgan fingerprint density at radius 2 is 0.949 bits per heavy atom. The van der Waals surface area contributed by atoms with Crippen molar-refractivity contribution < 1.29 is 24.2 Å².